The molecular weight excluding hydrogens is 270 g/mol. The van der Waals surface area contributed by atoms with Crippen LogP contribution in [0.5, 0.6) is 0 Å². The quantitative estimate of drug-likeness (QED) is 0.348. The van der Waals surface area contributed by atoms with Crippen LogP contribution in [0.4, 0.5) is 0 Å². The smallest absolute Gasteiger partial charge is 0.333 e. The molecule has 0 saturated heterocycles. The van der Waals surface area contributed by atoms with E-state index in [9.17, 15) is 14.4 Å². The Morgan fingerprint density at radius 1 is 1.14 bits per heavy atom. The first-order chi connectivity index (χ1) is 10.0. The minimum atomic E-state index is -0.421. The number of benzene rings is 1. The van der Waals surface area contributed by atoms with Crippen molar-refractivity contribution >= 4 is 17.8 Å². The minimum Gasteiger partial charge on any atom is -0.462 e. The highest BCUT2D eigenvalue weighted by Crippen LogP contribution is 2.22. The van der Waals surface area contributed by atoms with Crippen molar-refractivity contribution in [3.05, 3.63) is 47.5 Å². The second-order valence-corrected chi connectivity index (χ2v) is 4.93. The van der Waals surface area contributed by atoms with Crippen LogP contribution >= 0.6 is 0 Å². The van der Waals surface area contributed by atoms with Gasteiger partial charge in [0.1, 0.15) is 0 Å². The monoisotopic (exact) mass is 287 g/mol. The number of esters is 1. The van der Waals surface area contributed by atoms with Gasteiger partial charge in [0, 0.05) is 12.1 Å². The molecule has 110 valence electrons. The van der Waals surface area contributed by atoms with Gasteiger partial charge in [-0.05, 0) is 31.9 Å². The highest BCUT2D eigenvalue weighted by molar-refractivity contribution is 6.21. The van der Waals surface area contributed by atoms with Gasteiger partial charge in [-0.25, -0.2) is 4.79 Å². The van der Waals surface area contributed by atoms with Crippen LogP contribution in [0.3, 0.4) is 0 Å². The fourth-order valence-electron chi connectivity index (χ4n) is 2.10. The van der Waals surface area contributed by atoms with Gasteiger partial charge in [0.15, 0.2) is 0 Å². The van der Waals surface area contributed by atoms with Gasteiger partial charge in [-0.3, -0.25) is 14.5 Å². The number of unbranched alkanes of at least 4 members (excludes halogenated alkanes) is 1. The summed E-state index contributed by atoms with van der Waals surface area (Å²) in [6.45, 7) is 5.66. The van der Waals surface area contributed by atoms with Crippen LogP contribution < -0.4 is 0 Å². The molecule has 0 fully saturated rings. The number of carbonyl (C=O) groups is 3. The lowest BCUT2D eigenvalue weighted by atomic mass is 10.1. The highest BCUT2D eigenvalue weighted by atomic mass is 16.5. The molecule has 0 bridgehead atoms. The Kier molecular flexibility index (Phi) is 4.52. The van der Waals surface area contributed by atoms with Gasteiger partial charge in [-0.2, -0.15) is 0 Å². The van der Waals surface area contributed by atoms with E-state index >= 15 is 0 Å². The number of hydrogen-bond acceptors (Lipinski definition) is 4. The van der Waals surface area contributed by atoms with Crippen molar-refractivity contribution < 1.29 is 19.1 Å². The molecule has 0 unspecified atom stereocenters. The first kappa shape index (κ1) is 15.0. The van der Waals surface area contributed by atoms with Crippen LogP contribution in [0.15, 0.2) is 36.4 Å². The van der Waals surface area contributed by atoms with E-state index in [1.807, 2.05) is 0 Å². The van der Waals surface area contributed by atoms with Crippen molar-refractivity contribution in [2.75, 3.05) is 13.2 Å². The molecule has 0 aromatic heterocycles. The molecule has 1 aliphatic rings. The summed E-state index contributed by atoms with van der Waals surface area (Å²) in [6, 6.07) is 6.80. The summed E-state index contributed by atoms with van der Waals surface area (Å²) in [7, 11) is 0. The summed E-state index contributed by atoms with van der Waals surface area (Å²) in [5.74, 6) is -0.931. The number of nitrogens with zero attached hydrogens (tertiary/aromatic N) is 1. The van der Waals surface area contributed by atoms with Gasteiger partial charge in [0.2, 0.25) is 0 Å². The third kappa shape index (κ3) is 3.18. The Morgan fingerprint density at radius 3 is 2.24 bits per heavy atom. The minimum absolute atomic E-state index is 0.255. The third-order valence-electron chi connectivity index (χ3n) is 3.24. The second kappa shape index (κ2) is 6.35. The van der Waals surface area contributed by atoms with Gasteiger partial charge >= 0.3 is 5.97 Å². The molecule has 2 amide bonds. The SMILES string of the molecule is C=C(C)C(=O)OCCCCN1C(=O)c2ccccc2C1=O. The summed E-state index contributed by atoms with van der Waals surface area (Å²) in [4.78, 5) is 36.6. The van der Waals surface area contributed by atoms with Crippen LogP contribution in [0, 0.1) is 0 Å². The molecule has 0 radical (unpaired) electrons. The lowest BCUT2D eigenvalue weighted by molar-refractivity contribution is -0.139. The number of fused-ring (bicyclic) bond motifs is 1. The van der Waals surface area contributed by atoms with Crippen LogP contribution in [0.25, 0.3) is 0 Å². The fourth-order valence-corrected chi connectivity index (χ4v) is 2.10. The Morgan fingerprint density at radius 2 is 1.71 bits per heavy atom. The van der Waals surface area contributed by atoms with Gasteiger partial charge < -0.3 is 4.74 Å². The molecule has 0 saturated carbocycles. The molecule has 1 aromatic rings. The molecule has 21 heavy (non-hydrogen) atoms. The van der Waals surface area contributed by atoms with E-state index < -0.39 is 5.97 Å². The van der Waals surface area contributed by atoms with Crippen molar-refractivity contribution in [2.24, 2.45) is 0 Å². The standard InChI is InChI=1S/C16H17NO4/c1-11(2)16(20)21-10-6-5-9-17-14(18)12-7-3-4-8-13(12)15(17)19/h3-4,7-8H,1,5-6,9-10H2,2H3. The van der Waals surface area contributed by atoms with Crippen LogP contribution in [-0.4, -0.2) is 35.8 Å². The Hall–Kier alpha value is -2.43. The molecule has 1 aliphatic heterocycles. The van der Waals surface area contributed by atoms with Crippen LogP contribution in [0.2, 0.25) is 0 Å². The molecule has 5 heteroatoms. The van der Waals surface area contributed by atoms with Crippen LogP contribution in [0.1, 0.15) is 40.5 Å². The molecule has 0 spiro atoms. The normalized spacial score (nSPS) is 13.3. The van der Waals surface area contributed by atoms with E-state index in [0.717, 1.165) is 0 Å². The van der Waals surface area contributed by atoms with Gasteiger partial charge in [0.25, 0.3) is 11.8 Å². The average Bonchev–Trinajstić information content (AvgIpc) is 2.71. The summed E-state index contributed by atoms with van der Waals surface area (Å²) >= 11 is 0. The molecule has 1 aromatic carbocycles. The topological polar surface area (TPSA) is 63.7 Å². The summed E-state index contributed by atoms with van der Waals surface area (Å²) in [6.07, 6.45) is 1.18. The molecule has 1 heterocycles. The average molecular weight is 287 g/mol. The van der Waals surface area contributed by atoms with E-state index in [1.165, 1.54) is 4.90 Å². The summed E-state index contributed by atoms with van der Waals surface area (Å²) < 4.78 is 4.96. The molecule has 0 atom stereocenters. The number of ether oxygens (including phenoxy) is 1. The molecule has 2 rings (SSSR count). The molecular formula is C16H17NO4. The zero-order valence-electron chi connectivity index (χ0n) is 11.9. The van der Waals surface area contributed by atoms with E-state index in [1.54, 1.807) is 31.2 Å². The van der Waals surface area contributed by atoms with Crippen molar-refractivity contribution in [1.29, 1.82) is 0 Å². The van der Waals surface area contributed by atoms with E-state index in [4.69, 9.17) is 4.74 Å². The van der Waals surface area contributed by atoms with E-state index in [-0.39, 0.29) is 18.4 Å². The molecule has 5 nitrogen and oxygen atoms in total. The number of amides is 2. The predicted molar refractivity (Wildman–Crippen MR) is 76.8 cm³/mol. The van der Waals surface area contributed by atoms with E-state index in [2.05, 4.69) is 6.58 Å². The fraction of sp³-hybridized carbons (Fsp3) is 0.312. The number of rotatable bonds is 6. The maximum atomic E-state index is 12.1. The second-order valence-electron chi connectivity index (χ2n) is 4.93. The first-order valence-electron chi connectivity index (χ1n) is 6.80. The van der Waals surface area contributed by atoms with E-state index in [0.29, 0.717) is 36.1 Å². The van der Waals surface area contributed by atoms with Gasteiger partial charge in [-0.15, -0.1) is 0 Å². The zero-order valence-corrected chi connectivity index (χ0v) is 11.9. The third-order valence-corrected chi connectivity index (χ3v) is 3.24. The Labute approximate surface area is 123 Å². The number of carbonyl (C=O) groups excluding carboxylic acids is 3. The number of imide groups is 1. The van der Waals surface area contributed by atoms with Gasteiger partial charge in [-0.1, -0.05) is 18.7 Å². The van der Waals surface area contributed by atoms with Crippen molar-refractivity contribution in [2.45, 2.75) is 19.8 Å². The maximum Gasteiger partial charge on any atom is 0.333 e. The summed E-state index contributed by atoms with van der Waals surface area (Å²) in [5, 5.41) is 0. The highest BCUT2D eigenvalue weighted by Gasteiger charge is 2.34. The number of hydrogen-bond donors (Lipinski definition) is 0. The summed E-state index contributed by atoms with van der Waals surface area (Å²) in [5.41, 5.74) is 1.27. The lowest BCUT2D eigenvalue weighted by Crippen LogP contribution is -2.30. The van der Waals surface area contributed by atoms with Gasteiger partial charge in [0.05, 0.1) is 17.7 Å². The van der Waals surface area contributed by atoms with Crippen molar-refractivity contribution in [3.63, 3.8) is 0 Å². The Bertz CT molecular complexity index is 571. The predicted octanol–water partition coefficient (Wildman–Crippen LogP) is 2.18. The van der Waals surface area contributed by atoms with Crippen molar-refractivity contribution in [3.8, 4) is 0 Å². The zero-order chi connectivity index (χ0) is 15.4. The molecule has 0 aliphatic carbocycles. The van der Waals surface area contributed by atoms with Crippen molar-refractivity contribution in [1.82, 2.24) is 4.90 Å². The largest absolute Gasteiger partial charge is 0.462 e. The maximum absolute atomic E-state index is 12.1. The lowest BCUT2D eigenvalue weighted by Gasteiger charge is -2.13. The molecule has 0 N–H and O–H groups in total. The first-order valence-corrected chi connectivity index (χ1v) is 6.80. The van der Waals surface area contributed by atoms with Crippen LogP contribution in [-0.2, 0) is 9.53 Å². The Balaban J connectivity index is 1.81.